The van der Waals surface area contributed by atoms with Gasteiger partial charge in [-0.2, -0.15) is 5.10 Å². The van der Waals surface area contributed by atoms with Gasteiger partial charge < -0.3 is 9.47 Å². The molecular weight excluding hydrogens is 480 g/mol. The van der Waals surface area contributed by atoms with E-state index in [0.717, 1.165) is 11.4 Å². The van der Waals surface area contributed by atoms with Crippen molar-refractivity contribution >= 4 is 17.9 Å². The lowest BCUT2D eigenvalue weighted by Gasteiger charge is -2.19. The maximum Gasteiger partial charge on any atom is 0.256 e. The Kier molecular flexibility index (Phi) is 7.63. The normalized spacial score (nSPS) is 12.8. The van der Waals surface area contributed by atoms with Crippen molar-refractivity contribution in [1.29, 1.82) is 0 Å². The zero-order valence-electron chi connectivity index (χ0n) is 21.5. The zero-order valence-corrected chi connectivity index (χ0v) is 22.3. The maximum absolute atomic E-state index is 5.68. The number of benzene rings is 1. The van der Waals surface area contributed by atoms with Crippen molar-refractivity contribution < 1.29 is 19.0 Å². The van der Waals surface area contributed by atoms with Crippen LogP contribution in [-0.4, -0.2) is 56.1 Å². The fourth-order valence-electron chi connectivity index (χ4n) is 3.78. The number of aryl methyl sites for hydroxylation is 2. The van der Waals surface area contributed by atoms with Crippen LogP contribution in [0.4, 0.5) is 5.95 Å². The highest BCUT2D eigenvalue weighted by molar-refractivity contribution is 8.01. The molecule has 1 aromatic carbocycles. The predicted molar refractivity (Wildman–Crippen MR) is 137 cm³/mol. The average molecular weight is 512 g/mol. The molecule has 36 heavy (non-hydrogen) atoms. The summed E-state index contributed by atoms with van der Waals surface area (Å²) in [6, 6.07) is 7.50. The molecule has 0 aliphatic rings. The maximum atomic E-state index is 5.68. The monoisotopic (exact) mass is 511 g/mol. The third-order valence-electron chi connectivity index (χ3n) is 5.89. The third kappa shape index (κ3) is 4.94. The van der Waals surface area contributed by atoms with Gasteiger partial charge in [0, 0.05) is 23.2 Å². The molecular formula is C24H31N8O3S+. The molecule has 0 bridgehead atoms. The van der Waals surface area contributed by atoms with Crippen molar-refractivity contribution in [2.75, 3.05) is 26.1 Å². The van der Waals surface area contributed by atoms with Gasteiger partial charge in [0.2, 0.25) is 12.1 Å². The lowest BCUT2D eigenvalue weighted by Crippen LogP contribution is -2.46. The molecule has 11 nitrogen and oxygen atoms in total. The van der Waals surface area contributed by atoms with E-state index in [4.69, 9.17) is 14.3 Å². The van der Waals surface area contributed by atoms with Crippen molar-refractivity contribution in [3.63, 3.8) is 0 Å². The summed E-state index contributed by atoms with van der Waals surface area (Å²) in [7, 11) is 6.75. The lowest BCUT2D eigenvalue weighted by molar-refractivity contribution is -0.891. The second-order valence-electron chi connectivity index (χ2n) is 8.24. The summed E-state index contributed by atoms with van der Waals surface area (Å²) in [4.78, 5) is 9.97. The summed E-state index contributed by atoms with van der Waals surface area (Å²) >= 11 is 1.53. The van der Waals surface area contributed by atoms with E-state index < -0.39 is 0 Å². The zero-order chi connectivity index (χ0) is 25.8. The van der Waals surface area contributed by atoms with Gasteiger partial charge in [-0.1, -0.05) is 19.9 Å². The molecule has 3 heterocycles. The molecule has 0 aliphatic heterocycles. The van der Waals surface area contributed by atoms with Gasteiger partial charge in [0.1, 0.15) is 35.7 Å². The number of anilines is 1. The smallest absolute Gasteiger partial charge is 0.256 e. The van der Waals surface area contributed by atoms with E-state index in [2.05, 4.69) is 38.8 Å². The summed E-state index contributed by atoms with van der Waals surface area (Å²) in [5, 5.41) is 13.6. The van der Waals surface area contributed by atoms with Crippen molar-refractivity contribution in [3.8, 4) is 28.7 Å². The molecule has 4 aromatic rings. The SMILES string of the molecule is COc1cccc(OC)c1-n1c(NSC(C)C(C)c2cnc(C)c[n+]2OC)nnc1-c1ccn(C)n1. The van der Waals surface area contributed by atoms with Gasteiger partial charge in [0.25, 0.3) is 5.69 Å². The molecule has 0 saturated heterocycles. The number of nitrogens with one attached hydrogen (secondary N) is 1. The molecule has 2 atom stereocenters. The molecule has 12 heteroatoms. The van der Waals surface area contributed by atoms with Gasteiger partial charge in [-0.05, 0) is 37.1 Å². The number of rotatable bonds is 10. The first kappa shape index (κ1) is 25.3. The second-order valence-corrected chi connectivity index (χ2v) is 9.43. The number of para-hydroxylation sites is 1. The molecule has 0 aliphatic carbocycles. The van der Waals surface area contributed by atoms with Gasteiger partial charge in [-0.15, -0.1) is 10.2 Å². The summed E-state index contributed by atoms with van der Waals surface area (Å²) in [5.41, 5.74) is 3.19. The topological polar surface area (TPSA) is 105 Å². The van der Waals surface area contributed by atoms with Gasteiger partial charge >= 0.3 is 0 Å². The number of hydrogen-bond donors (Lipinski definition) is 1. The van der Waals surface area contributed by atoms with E-state index in [1.165, 1.54) is 11.9 Å². The highest BCUT2D eigenvalue weighted by Gasteiger charge is 2.28. The summed E-state index contributed by atoms with van der Waals surface area (Å²) in [6.07, 6.45) is 5.59. The highest BCUT2D eigenvalue weighted by atomic mass is 32.2. The first-order valence-electron chi connectivity index (χ1n) is 11.4. The summed E-state index contributed by atoms with van der Waals surface area (Å²) in [6.45, 7) is 6.20. The minimum absolute atomic E-state index is 0.114. The fraction of sp³-hybridized carbons (Fsp3) is 0.375. The Bertz CT molecular complexity index is 1320. The van der Waals surface area contributed by atoms with Crippen LogP contribution in [0.25, 0.3) is 17.2 Å². The first-order chi connectivity index (χ1) is 17.4. The van der Waals surface area contributed by atoms with Crippen LogP contribution in [0.2, 0.25) is 0 Å². The van der Waals surface area contributed by atoms with Crippen LogP contribution in [-0.2, 0) is 7.05 Å². The van der Waals surface area contributed by atoms with Crippen LogP contribution in [0.3, 0.4) is 0 Å². The van der Waals surface area contributed by atoms with Gasteiger partial charge in [0.05, 0.1) is 26.3 Å². The number of methoxy groups -OCH3 is 2. The third-order valence-corrected chi connectivity index (χ3v) is 6.97. The molecule has 0 radical (unpaired) electrons. The van der Waals surface area contributed by atoms with Gasteiger partial charge in [-0.3, -0.25) is 18.8 Å². The van der Waals surface area contributed by atoms with Crippen molar-refractivity contribution in [3.05, 3.63) is 54.2 Å². The second kappa shape index (κ2) is 10.9. The van der Waals surface area contributed by atoms with Crippen molar-refractivity contribution in [1.82, 2.24) is 29.5 Å². The van der Waals surface area contributed by atoms with Crippen LogP contribution in [0, 0.1) is 6.92 Å². The summed E-state index contributed by atoms with van der Waals surface area (Å²) in [5.74, 6) is 2.43. The van der Waals surface area contributed by atoms with Crippen LogP contribution < -0.4 is 23.8 Å². The molecule has 0 saturated carbocycles. The minimum atomic E-state index is 0.114. The number of ether oxygens (including phenoxy) is 2. The number of nitrogens with zero attached hydrogens (tertiary/aromatic N) is 7. The predicted octanol–water partition coefficient (Wildman–Crippen LogP) is 2.99. The van der Waals surface area contributed by atoms with Crippen LogP contribution in [0.5, 0.6) is 11.5 Å². The molecule has 0 spiro atoms. The standard InChI is InChI=1S/C24H31N8O3S/c1-15-14-31(35-7)19(13-25-15)16(2)17(3)36-29-24-27-26-23(18-11-12-30(4)28-18)32(24)22-20(33-5)9-8-10-21(22)34-6/h8-14,16-17H,1-7H3,(H,27,29)/q+1. The van der Waals surface area contributed by atoms with Crippen molar-refractivity contribution in [2.45, 2.75) is 31.9 Å². The van der Waals surface area contributed by atoms with E-state index in [1.807, 2.05) is 61.4 Å². The largest absolute Gasteiger partial charge is 0.494 e. The molecule has 2 unspecified atom stereocenters. The lowest BCUT2D eigenvalue weighted by atomic mass is 10.1. The number of hydrogen-bond acceptors (Lipinski definition) is 9. The van der Waals surface area contributed by atoms with E-state index >= 15 is 0 Å². The minimum Gasteiger partial charge on any atom is -0.494 e. The molecule has 0 fully saturated rings. The highest BCUT2D eigenvalue weighted by Crippen LogP contribution is 2.38. The molecule has 1 N–H and O–H groups in total. The molecule has 4 rings (SSSR count). The van der Waals surface area contributed by atoms with E-state index in [1.54, 1.807) is 30.7 Å². The van der Waals surface area contributed by atoms with Gasteiger partial charge in [0.15, 0.2) is 5.82 Å². The summed E-state index contributed by atoms with van der Waals surface area (Å²) < 4.78 is 20.1. The Labute approximate surface area is 214 Å². The Balaban J connectivity index is 1.70. The Hall–Kier alpha value is -3.80. The first-order valence-corrected chi connectivity index (χ1v) is 12.3. The Morgan fingerprint density at radius 3 is 2.39 bits per heavy atom. The molecule has 190 valence electrons. The van der Waals surface area contributed by atoms with E-state index in [-0.39, 0.29) is 11.2 Å². The van der Waals surface area contributed by atoms with Gasteiger partial charge in [-0.25, -0.2) is 4.98 Å². The quantitative estimate of drug-likeness (QED) is 0.254. The van der Waals surface area contributed by atoms with E-state index in [0.29, 0.717) is 34.7 Å². The number of aromatic nitrogens is 7. The average Bonchev–Trinajstić information content (AvgIpc) is 3.51. The molecule has 3 aromatic heterocycles. The molecule has 0 amide bonds. The van der Waals surface area contributed by atoms with Crippen LogP contribution in [0.15, 0.2) is 42.9 Å². The van der Waals surface area contributed by atoms with E-state index in [9.17, 15) is 0 Å². The Morgan fingerprint density at radius 1 is 1.06 bits per heavy atom. The van der Waals surface area contributed by atoms with Crippen LogP contribution in [0.1, 0.15) is 31.2 Å². The fourth-order valence-corrected chi connectivity index (χ4v) is 4.55. The Morgan fingerprint density at radius 2 is 1.78 bits per heavy atom. The van der Waals surface area contributed by atoms with Crippen LogP contribution >= 0.6 is 11.9 Å². The van der Waals surface area contributed by atoms with Crippen molar-refractivity contribution in [2.24, 2.45) is 7.05 Å².